The zero-order valence-corrected chi connectivity index (χ0v) is 17.7. The normalized spacial score (nSPS) is 10.8. The molecule has 31 heavy (non-hydrogen) atoms. The Kier molecular flexibility index (Phi) is 6.17. The van der Waals surface area contributed by atoms with E-state index in [4.69, 9.17) is 9.72 Å². The van der Waals surface area contributed by atoms with Crippen molar-refractivity contribution in [2.45, 2.75) is 12.8 Å². The fourth-order valence-electron chi connectivity index (χ4n) is 3.54. The van der Waals surface area contributed by atoms with Crippen molar-refractivity contribution in [3.8, 4) is 11.1 Å². The minimum atomic E-state index is -0.306. The monoisotopic (exact) mass is 412 g/mol. The predicted octanol–water partition coefficient (Wildman–Crippen LogP) is 4.09. The van der Waals surface area contributed by atoms with Crippen molar-refractivity contribution in [3.63, 3.8) is 0 Å². The van der Waals surface area contributed by atoms with Crippen molar-refractivity contribution in [2.24, 2.45) is 0 Å². The number of pyridine rings is 3. The van der Waals surface area contributed by atoms with E-state index in [-0.39, 0.29) is 12.5 Å². The summed E-state index contributed by atoms with van der Waals surface area (Å²) in [6, 6.07) is 18.3. The summed E-state index contributed by atoms with van der Waals surface area (Å²) in [5.74, 6) is 0.408. The van der Waals surface area contributed by atoms with Crippen LogP contribution < -0.4 is 4.90 Å². The van der Waals surface area contributed by atoms with Gasteiger partial charge in [0, 0.05) is 36.7 Å². The molecule has 0 radical (unpaired) electrons. The molecular formula is C25H24N4O2. The molecule has 4 aromatic rings. The lowest BCUT2D eigenvalue weighted by atomic mass is 9.98. The van der Waals surface area contributed by atoms with Crippen LogP contribution in [-0.2, 0) is 22.4 Å². The molecule has 0 atom stereocenters. The van der Waals surface area contributed by atoms with Crippen LogP contribution in [0.5, 0.6) is 0 Å². The Hall–Kier alpha value is -3.80. The maximum absolute atomic E-state index is 11.7. The number of methoxy groups -OCH3 is 1. The highest BCUT2D eigenvalue weighted by Gasteiger charge is 2.14. The van der Waals surface area contributed by atoms with Gasteiger partial charge in [-0.2, -0.15) is 0 Å². The average Bonchev–Trinajstić information content (AvgIpc) is 2.83. The molecule has 0 spiro atoms. The second-order valence-electron chi connectivity index (χ2n) is 7.37. The molecule has 0 bridgehead atoms. The van der Waals surface area contributed by atoms with Crippen LogP contribution in [0.15, 0.2) is 73.2 Å². The summed E-state index contributed by atoms with van der Waals surface area (Å²) >= 11 is 0. The Labute approximate surface area is 181 Å². The number of carbonyl (C=O) groups excluding carboxylic acids is 1. The maximum atomic E-state index is 11.7. The van der Waals surface area contributed by atoms with E-state index in [1.165, 1.54) is 12.7 Å². The second kappa shape index (κ2) is 9.34. The molecule has 0 amide bonds. The van der Waals surface area contributed by atoms with Gasteiger partial charge in [0.1, 0.15) is 12.4 Å². The number of esters is 1. The van der Waals surface area contributed by atoms with E-state index in [0.717, 1.165) is 40.6 Å². The molecule has 3 heterocycles. The first-order chi connectivity index (χ1) is 15.1. The first-order valence-electron chi connectivity index (χ1n) is 10.2. The highest BCUT2D eigenvalue weighted by Crippen LogP contribution is 2.32. The first-order valence-corrected chi connectivity index (χ1v) is 10.2. The number of nitrogens with zero attached hydrogens (tertiary/aromatic N) is 4. The van der Waals surface area contributed by atoms with Crippen LogP contribution in [0.1, 0.15) is 11.3 Å². The van der Waals surface area contributed by atoms with E-state index in [0.29, 0.717) is 5.82 Å². The summed E-state index contributed by atoms with van der Waals surface area (Å²) < 4.78 is 4.80. The average molecular weight is 412 g/mol. The van der Waals surface area contributed by atoms with Crippen molar-refractivity contribution in [1.82, 2.24) is 15.0 Å². The van der Waals surface area contributed by atoms with E-state index >= 15 is 0 Å². The molecular weight excluding hydrogens is 388 g/mol. The molecule has 1 aromatic carbocycles. The van der Waals surface area contributed by atoms with Gasteiger partial charge >= 0.3 is 5.97 Å². The van der Waals surface area contributed by atoms with Crippen LogP contribution >= 0.6 is 0 Å². The number of anilines is 1. The molecule has 0 aliphatic heterocycles. The Morgan fingerprint density at radius 1 is 1.00 bits per heavy atom. The molecule has 0 saturated carbocycles. The van der Waals surface area contributed by atoms with E-state index in [9.17, 15) is 4.79 Å². The van der Waals surface area contributed by atoms with Gasteiger partial charge in [-0.3, -0.25) is 14.8 Å². The molecule has 156 valence electrons. The van der Waals surface area contributed by atoms with E-state index < -0.39 is 0 Å². The van der Waals surface area contributed by atoms with Crippen molar-refractivity contribution in [2.75, 3.05) is 25.6 Å². The lowest BCUT2D eigenvalue weighted by molar-refractivity contribution is -0.138. The van der Waals surface area contributed by atoms with Crippen LogP contribution in [-0.4, -0.2) is 41.6 Å². The summed E-state index contributed by atoms with van der Waals surface area (Å²) in [5.41, 5.74) is 5.29. The van der Waals surface area contributed by atoms with Crippen LogP contribution in [0.3, 0.4) is 0 Å². The predicted molar refractivity (Wildman–Crippen MR) is 122 cm³/mol. The number of carbonyl (C=O) groups is 1. The maximum Gasteiger partial charge on any atom is 0.325 e. The highest BCUT2D eigenvalue weighted by molar-refractivity contribution is 5.96. The van der Waals surface area contributed by atoms with Crippen molar-refractivity contribution in [1.29, 1.82) is 0 Å². The smallest absolute Gasteiger partial charge is 0.325 e. The summed E-state index contributed by atoms with van der Waals surface area (Å²) in [5, 5.41) is 1.07. The SMILES string of the molecule is COC(=O)CN(C)c1cc(-c2ccncc2)c2cc(CCc3ccccn3)ccc2n1. The number of rotatable bonds is 7. The number of hydrogen-bond acceptors (Lipinski definition) is 6. The Morgan fingerprint density at radius 2 is 1.84 bits per heavy atom. The number of benzene rings is 1. The Bertz CT molecular complexity index is 1180. The van der Waals surface area contributed by atoms with Gasteiger partial charge in [-0.1, -0.05) is 12.1 Å². The number of hydrogen-bond donors (Lipinski definition) is 0. The van der Waals surface area contributed by atoms with Crippen molar-refractivity contribution >= 4 is 22.7 Å². The standard InChI is InChI=1S/C25H24N4O2/c1-29(17-25(30)31-2)24-16-21(19-10-13-26-14-11-19)22-15-18(7-9-23(22)28-24)6-8-20-5-3-4-12-27-20/h3-5,7,9-16H,6,8,17H2,1-2H3. The number of aryl methyl sites for hydroxylation is 2. The fraction of sp³-hybridized carbons (Fsp3) is 0.200. The number of fused-ring (bicyclic) bond motifs is 1. The third kappa shape index (κ3) is 4.86. The van der Waals surface area contributed by atoms with Crippen molar-refractivity contribution < 1.29 is 9.53 Å². The largest absolute Gasteiger partial charge is 0.468 e. The minimum absolute atomic E-state index is 0.132. The zero-order chi connectivity index (χ0) is 21.6. The van der Waals surface area contributed by atoms with Gasteiger partial charge < -0.3 is 9.64 Å². The van der Waals surface area contributed by atoms with Crippen LogP contribution in [0, 0.1) is 0 Å². The van der Waals surface area contributed by atoms with E-state index in [2.05, 4.69) is 28.2 Å². The lowest BCUT2D eigenvalue weighted by Crippen LogP contribution is -2.27. The second-order valence-corrected chi connectivity index (χ2v) is 7.37. The van der Waals surface area contributed by atoms with Crippen molar-refractivity contribution in [3.05, 3.63) is 84.4 Å². The molecule has 6 heteroatoms. The van der Waals surface area contributed by atoms with E-state index in [1.54, 1.807) is 17.3 Å². The summed E-state index contributed by atoms with van der Waals surface area (Å²) in [7, 11) is 3.22. The summed E-state index contributed by atoms with van der Waals surface area (Å²) in [4.78, 5) is 26.9. The Morgan fingerprint density at radius 3 is 2.58 bits per heavy atom. The molecule has 3 aromatic heterocycles. The number of ether oxygens (including phenoxy) is 1. The van der Waals surface area contributed by atoms with E-state index in [1.807, 2.05) is 49.6 Å². The minimum Gasteiger partial charge on any atom is -0.468 e. The quantitative estimate of drug-likeness (QED) is 0.426. The summed E-state index contributed by atoms with van der Waals surface area (Å²) in [6.07, 6.45) is 7.17. The molecule has 0 unspecified atom stereocenters. The fourth-order valence-corrected chi connectivity index (χ4v) is 3.54. The molecule has 6 nitrogen and oxygen atoms in total. The van der Waals surface area contributed by atoms with Gasteiger partial charge in [0.25, 0.3) is 0 Å². The Balaban J connectivity index is 1.73. The van der Waals surface area contributed by atoms with Gasteiger partial charge in [0.2, 0.25) is 0 Å². The highest BCUT2D eigenvalue weighted by atomic mass is 16.5. The summed E-state index contributed by atoms with van der Waals surface area (Å²) in [6.45, 7) is 0.132. The van der Waals surface area contributed by atoms with Crippen LogP contribution in [0.25, 0.3) is 22.0 Å². The lowest BCUT2D eigenvalue weighted by Gasteiger charge is -2.19. The van der Waals surface area contributed by atoms with Gasteiger partial charge in [0.15, 0.2) is 0 Å². The third-order valence-electron chi connectivity index (χ3n) is 5.23. The third-order valence-corrected chi connectivity index (χ3v) is 5.23. The van der Waals surface area contributed by atoms with Gasteiger partial charge in [0.05, 0.1) is 12.6 Å². The van der Waals surface area contributed by atoms with Gasteiger partial charge in [-0.25, -0.2) is 4.98 Å². The zero-order valence-electron chi connectivity index (χ0n) is 17.7. The van der Waals surface area contributed by atoms with Gasteiger partial charge in [-0.05, 0) is 72.0 Å². The van der Waals surface area contributed by atoms with Crippen LogP contribution in [0.4, 0.5) is 5.82 Å². The topological polar surface area (TPSA) is 68.2 Å². The molecule has 0 fully saturated rings. The molecule has 0 N–H and O–H groups in total. The number of aromatic nitrogens is 3. The van der Waals surface area contributed by atoms with Crippen LogP contribution in [0.2, 0.25) is 0 Å². The molecule has 0 aliphatic carbocycles. The van der Waals surface area contributed by atoms with Gasteiger partial charge in [-0.15, -0.1) is 0 Å². The first kappa shape index (κ1) is 20.5. The molecule has 0 aliphatic rings. The molecule has 0 saturated heterocycles. The molecule has 4 rings (SSSR count). The number of likely N-dealkylation sites (N-methyl/N-ethyl adjacent to an activating group) is 1.